The second kappa shape index (κ2) is 5.00. The topological polar surface area (TPSA) is 93.1 Å². The number of carboxylic acids is 2. The van der Waals surface area contributed by atoms with Gasteiger partial charge in [-0.1, -0.05) is 27.7 Å². The number of methoxy groups -OCH3 is 2. The van der Waals surface area contributed by atoms with E-state index < -0.39 is 28.6 Å². The zero-order valence-corrected chi connectivity index (χ0v) is 12.9. The quantitative estimate of drug-likeness (QED) is 0.572. The van der Waals surface area contributed by atoms with E-state index in [9.17, 15) is 19.8 Å². The molecule has 0 spiro atoms. The van der Waals surface area contributed by atoms with Crippen molar-refractivity contribution in [1.82, 2.24) is 0 Å². The third-order valence-corrected chi connectivity index (χ3v) is 5.05. The Labute approximate surface area is 119 Å². The number of hydrogen-bond acceptors (Lipinski definition) is 4. The molecule has 0 radical (unpaired) electrons. The lowest BCUT2D eigenvalue weighted by atomic mass is 9.38. The standard InChI is InChI=1S/C14H24O6/c1-8(2)14(9(3)4)12(10(15)16,11(17)18)7-13(14,19-5)20-6/h8-9H,7H2,1-6H3,(H,15,16)(H,17,18). The second-order valence-electron chi connectivity index (χ2n) is 6.03. The first kappa shape index (κ1) is 16.9. The van der Waals surface area contributed by atoms with Crippen LogP contribution >= 0.6 is 0 Å². The van der Waals surface area contributed by atoms with Gasteiger partial charge in [0.15, 0.2) is 11.2 Å². The van der Waals surface area contributed by atoms with Crippen molar-refractivity contribution in [2.24, 2.45) is 22.7 Å². The van der Waals surface area contributed by atoms with Crippen molar-refractivity contribution in [3.63, 3.8) is 0 Å². The summed E-state index contributed by atoms with van der Waals surface area (Å²) < 4.78 is 10.9. The Morgan fingerprint density at radius 3 is 1.50 bits per heavy atom. The predicted octanol–water partition coefficient (Wildman–Crippen LogP) is 1.83. The van der Waals surface area contributed by atoms with E-state index in [1.807, 2.05) is 27.7 Å². The maximum Gasteiger partial charge on any atom is 0.322 e. The molecule has 1 rings (SSSR count). The molecule has 0 atom stereocenters. The molecule has 1 saturated carbocycles. The maximum absolute atomic E-state index is 11.8. The van der Waals surface area contributed by atoms with Gasteiger partial charge in [-0.15, -0.1) is 0 Å². The number of carbonyl (C=O) groups is 2. The Balaban J connectivity index is 3.67. The molecule has 0 unspecified atom stereocenters. The fraction of sp³-hybridized carbons (Fsp3) is 0.857. The van der Waals surface area contributed by atoms with Gasteiger partial charge < -0.3 is 19.7 Å². The molecule has 1 aliphatic carbocycles. The Kier molecular flexibility index (Phi) is 4.23. The van der Waals surface area contributed by atoms with Crippen molar-refractivity contribution in [3.8, 4) is 0 Å². The van der Waals surface area contributed by atoms with Crippen molar-refractivity contribution < 1.29 is 29.3 Å². The fourth-order valence-electron chi connectivity index (χ4n) is 4.55. The van der Waals surface area contributed by atoms with Gasteiger partial charge in [-0.2, -0.15) is 0 Å². The van der Waals surface area contributed by atoms with Crippen LogP contribution in [0.1, 0.15) is 34.1 Å². The van der Waals surface area contributed by atoms with Crippen LogP contribution in [0.25, 0.3) is 0 Å². The first-order valence-corrected chi connectivity index (χ1v) is 6.67. The molecule has 2 N–H and O–H groups in total. The summed E-state index contributed by atoms with van der Waals surface area (Å²) in [4.78, 5) is 23.6. The smallest absolute Gasteiger partial charge is 0.322 e. The number of ether oxygens (including phenoxy) is 2. The van der Waals surface area contributed by atoms with Gasteiger partial charge in [0.2, 0.25) is 0 Å². The summed E-state index contributed by atoms with van der Waals surface area (Å²) >= 11 is 0. The van der Waals surface area contributed by atoms with Crippen molar-refractivity contribution in [1.29, 1.82) is 0 Å². The summed E-state index contributed by atoms with van der Waals surface area (Å²) in [6, 6.07) is 0. The van der Waals surface area contributed by atoms with Gasteiger partial charge in [-0.3, -0.25) is 9.59 Å². The first-order valence-electron chi connectivity index (χ1n) is 6.67. The van der Waals surface area contributed by atoms with Crippen LogP contribution in [0.4, 0.5) is 0 Å². The third kappa shape index (κ3) is 1.52. The maximum atomic E-state index is 11.8. The third-order valence-electron chi connectivity index (χ3n) is 5.05. The van der Waals surface area contributed by atoms with Crippen LogP contribution in [0.3, 0.4) is 0 Å². The summed E-state index contributed by atoms with van der Waals surface area (Å²) in [5.74, 6) is -4.37. The highest BCUT2D eigenvalue weighted by Gasteiger charge is 2.84. The number of aliphatic carboxylic acids is 2. The highest BCUT2D eigenvalue weighted by atomic mass is 16.7. The molecule has 0 aromatic heterocycles. The average molecular weight is 288 g/mol. The molecule has 6 nitrogen and oxygen atoms in total. The minimum atomic E-state index is -1.90. The number of hydrogen-bond donors (Lipinski definition) is 2. The van der Waals surface area contributed by atoms with E-state index >= 15 is 0 Å². The highest BCUT2D eigenvalue weighted by molar-refractivity contribution is 6.01. The fourth-order valence-corrected chi connectivity index (χ4v) is 4.55. The van der Waals surface area contributed by atoms with Gasteiger partial charge in [0.25, 0.3) is 0 Å². The van der Waals surface area contributed by atoms with Gasteiger partial charge in [0.1, 0.15) is 0 Å². The van der Waals surface area contributed by atoms with E-state index in [1.165, 1.54) is 14.2 Å². The van der Waals surface area contributed by atoms with E-state index in [2.05, 4.69) is 0 Å². The molecule has 20 heavy (non-hydrogen) atoms. The van der Waals surface area contributed by atoms with Crippen LogP contribution in [-0.4, -0.2) is 42.2 Å². The predicted molar refractivity (Wildman–Crippen MR) is 71.2 cm³/mol. The van der Waals surface area contributed by atoms with E-state index in [-0.39, 0.29) is 18.3 Å². The molecular weight excluding hydrogens is 264 g/mol. The Bertz CT molecular complexity index is 386. The summed E-state index contributed by atoms with van der Waals surface area (Å²) in [6.07, 6.45) is -0.200. The van der Waals surface area contributed by atoms with Gasteiger partial charge >= 0.3 is 11.9 Å². The summed E-state index contributed by atoms with van der Waals surface area (Å²) in [7, 11) is 2.85. The first-order chi connectivity index (χ1) is 9.10. The van der Waals surface area contributed by atoms with Crippen molar-refractivity contribution >= 4 is 11.9 Å². The van der Waals surface area contributed by atoms with E-state index in [0.717, 1.165) is 0 Å². The molecule has 116 valence electrons. The van der Waals surface area contributed by atoms with Gasteiger partial charge in [0.05, 0.1) is 5.41 Å². The lowest BCUT2D eigenvalue weighted by Gasteiger charge is -2.68. The molecule has 0 heterocycles. The molecule has 0 aliphatic heterocycles. The van der Waals surface area contributed by atoms with Crippen LogP contribution in [0, 0.1) is 22.7 Å². The van der Waals surface area contributed by atoms with Crippen LogP contribution in [-0.2, 0) is 19.1 Å². The summed E-state index contributed by atoms with van der Waals surface area (Å²) in [6.45, 7) is 7.25. The van der Waals surface area contributed by atoms with E-state index in [1.54, 1.807) is 0 Å². The monoisotopic (exact) mass is 288 g/mol. The highest BCUT2D eigenvalue weighted by Crippen LogP contribution is 2.71. The van der Waals surface area contributed by atoms with Crippen LogP contribution in [0.5, 0.6) is 0 Å². The molecule has 0 aromatic carbocycles. The van der Waals surface area contributed by atoms with E-state index in [0.29, 0.717) is 0 Å². The molecule has 1 aliphatic rings. The Morgan fingerprint density at radius 1 is 0.950 bits per heavy atom. The summed E-state index contributed by atoms with van der Waals surface area (Å²) in [5, 5.41) is 19.2. The molecule has 0 saturated heterocycles. The molecule has 1 fully saturated rings. The number of rotatable bonds is 6. The zero-order chi connectivity index (χ0) is 15.9. The normalized spacial score (nSPS) is 22.6. The second-order valence-corrected chi connectivity index (χ2v) is 6.03. The SMILES string of the molecule is COC1(OC)CC(C(=O)O)(C(=O)O)C1(C(C)C)C(C)C. The zero-order valence-electron chi connectivity index (χ0n) is 12.9. The lowest BCUT2D eigenvalue weighted by molar-refractivity contribution is -0.400. The Morgan fingerprint density at radius 2 is 1.30 bits per heavy atom. The molecule has 6 heteroatoms. The molecule has 0 aromatic rings. The largest absolute Gasteiger partial charge is 0.480 e. The lowest BCUT2D eigenvalue weighted by Crippen LogP contribution is -2.80. The average Bonchev–Trinajstić information content (AvgIpc) is 2.27. The summed E-state index contributed by atoms with van der Waals surface area (Å²) in [5.41, 5.74) is -3.05. The minimum Gasteiger partial charge on any atom is -0.480 e. The van der Waals surface area contributed by atoms with Crippen molar-refractivity contribution in [2.75, 3.05) is 14.2 Å². The Hall–Kier alpha value is -1.14. The van der Waals surface area contributed by atoms with Crippen LogP contribution in [0.2, 0.25) is 0 Å². The van der Waals surface area contributed by atoms with E-state index in [4.69, 9.17) is 9.47 Å². The number of carboxylic acid groups (broad SMARTS) is 2. The van der Waals surface area contributed by atoms with Crippen molar-refractivity contribution in [3.05, 3.63) is 0 Å². The van der Waals surface area contributed by atoms with Gasteiger partial charge in [0, 0.05) is 20.6 Å². The van der Waals surface area contributed by atoms with Crippen LogP contribution in [0.15, 0.2) is 0 Å². The molecule has 0 amide bonds. The minimum absolute atomic E-state index is 0.200. The molecule has 0 bridgehead atoms. The van der Waals surface area contributed by atoms with Crippen molar-refractivity contribution in [2.45, 2.75) is 39.9 Å². The van der Waals surface area contributed by atoms with Crippen LogP contribution < -0.4 is 0 Å². The van der Waals surface area contributed by atoms with Gasteiger partial charge in [-0.05, 0) is 11.8 Å². The van der Waals surface area contributed by atoms with Gasteiger partial charge in [-0.25, -0.2) is 0 Å². The molecular formula is C14H24O6.